The molecule has 2 aliphatic heterocycles. The van der Waals surface area contributed by atoms with Crippen molar-refractivity contribution in [2.75, 3.05) is 6.54 Å². The molecule has 0 aromatic heterocycles. The third-order valence-corrected chi connectivity index (χ3v) is 5.99. The monoisotopic (exact) mass is 393 g/mol. The number of hydrogen-bond donors (Lipinski definition) is 0. The second kappa shape index (κ2) is 5.60. The molecule has 0 fully saturated rings. The van der Waals surface area contributed by atoms with Gasteiger partial charge in [-0.2, -0.15) is 0 Å². The Kier molecular flexibility index (Phi) is 3.69. The molecule has 2 aromatic rings. The fourth-order valence-corrected chi connectivity index (χ4v) is 4.10. The molecule has 5 heteroatoms. The van der Waals surface area contributed by atoms with E-state index in [9.17, 15) is 4.39 Å². The van der Waals surface area contributed by atoms with Gasteiger partial charge in [0.25, 0.3) is 0 Å². The lowest BCUT2D eigenvalue weighted by molar-refractivity contribution is 0.169. The third kappa shape index (κ3) is 2.31. The van der Waals surface area contributed by atoms with Gasteiger partial charge >= 0.3 is 0 Å². The highest BCUT2D eigenvalue weighted by atomic mass is 79.9. The highest BCUT2D eigenvalue weighted by Crippen LogP contribution is 2.49. The SMILES string of the molecule is Fc1cc2c(c(Br)c1Cl)C[C@@](C1=NCCC1)(c1ccccc1)O2. The zero-order valence-corrected chi connectivity index (χ0v) is 14.6. The molecule has 2 nitrogen and oxygen atoms in total. The van der Waals surface area contributed by atoms with Gasteiger partial charge in [0.05, 0.1) is 10.7 Å². The first-order valence-electron chi connectivity index (χ1n) is 7.56. The van der Waals surface area contributed by atoms with Crippen LogP contribution in [-0.4, -0.2) is 12.3 Å². The van der Waals surface area contributed by atoms with Crippen LogP contribution < -0.4 is 4.74 Å². The Bertz CT molecular complexity index is 808. The van der Waals surface area contributed by atoms with Gasteiger partial charge in [0, 0.05) is 34.6 Å². The van der Waals surface area contributed by atoms with Gasteiger partial charge < -0.3 is 4.74 Å². The Labute approximate surface area is 147 Å². The zero-order valence-electron chi connectivity index (χ0n) is 12.3. The highest BCUT2D eigenvalue weighted by Gasteiger charge is 2.47. The number of nitrogens with zero attached hydrogens (tertiary/aromatic N) is 1. The smallest absolute Gasteiger partial charge is 0.176 e. The Balaban J connectivity index is 1.89. The summed E-state index contributed by atoms with van der Waals surface area (Å²) >= 11 is 9.48. The molecule has 0 unspecified atom stereocenters. The fourth-order valence-electron chi connectivity index (χ4n) is 3.40. The summed E-state index contributed by atoms with van der Waals surface area (Å²) < 4.78 is 20.9. The lowest BCUT2D eigenvalue weighted by atomic mass is 9.83. The van der Waals surface area contributed by atoms with Crippen molar-refractivity contribution in [2.24, 2.45) is 4.99 Å². The zero-order chi connectivity index (χ0) is 16.0. The molecule has 1 atom stereocenters. The second-order valence-electron chi connectivity index (χ2n) is 5.87. The van der Waals surface area contributed by atoms with E-state index in [-0.39, 0.29) is 5.02 Å². The molecule has 0 N–H and O–H groups in total. The van der Waals surface area contributed by atoms with Crippen LogP contribution in [-0.2, 0) is 12.0 Å². The van der Waals surface area contributed by atoms with E-state index in [1.165, 1.54) is 6.07 Å². The van der Waals surface area contributed by atoms with Crippen molar-refractivity contribution in [1.29, 1.82) is 0 Å². The molecule has 0 bridgehead atoms. The van der Waals surface area contributed by atoms with E-state index in [0.29, 0.717) is 16.6 Å². The van der Waals surface area contributed by atoms with Crippen molar-refractivity contribution in [3.05, 3.63) is 62.8 Å². The summed E-state index contributed by atoms with van der Waals surface area (Å²) in [4.78, 5) is 4.67. The highest BCUT2D eigenvalue weighted by molar-refractivity contribution is 9.10. The van der Waals surface area contributed by atoms with Gasteiger partial charge in [-0.05, 0) is 28.8 Å². The van der Waals surface area contributed by atoms with Crippen molar-refractivity contribution in [3.8, 4) is 5.75 Å². The first kappa shape index (κ1) is 15.2. The molecule has 0 spiro atoms. The first-order valence-corrected chi connectivity index (χ1v) is 8.73. The largest absolute Gasteiger partial charge is 0.476 e. The maximum Gasteiger partial charge on any atom is 0.176 e. The summed E-state index contributed by atoms with van der Waals surface area (Å²) in [7, 11) is 0. The number of fused-ring (bicyclic) bond motifs is 1. The Morgan fingerprint density at radius 1 is 1.26 bits per heavy atom. The van der Waals surface area contributed by atoms with Crippen LogP contribution in [0.3, 0.4) is 0 Å². The number of hydrogen-bond acceptors (Lipinski definition) is 2. The van der Waals surface area contributed by atoms with Gasteiger partial charge in [0.1, 0.15) is 11.6 Å². The molecular weight excluding hydrogens is 381 g/mol. The van der Waals surface area contributed by atoms with E-state index in [4.69, 9.17) is 16.3 Å². The van der Waals surface area contributed by atoms with E-state index in [1.807, 2.05) is 30.3 Å². The summed E-state index contributed by atoms with van der Waals surface area (Å²) in [5, 5.41) is 0.101. The number of aliphatic imine (C=N–C) groups is 1. The van der Waals surface area contributed by atoms with Crippen molar-refractivity contribution in [1.82, 2.24) is 0 Å². The van der Waals surface area contributed by atoms with Crippen molar-refractivity contribution < 1.29 is 9.13 Å². The molecular formula is C18H14BrClFNO. The predicted molar refractivity (Wildman–Crippen MR) is 93.1 cm³/mol. The average molecular weight is 395 g/mol. The predicted octanol–water partition coefficient (Wildman–Crippen LogP) is 5.31. The summed E-state index contributed by atoms with van der Waals surface area (Å²) in [6.45, 7) is 0.819. The Morgan fingerprint density at radius 2 is 2.04 bits per heavy atom. The van der Waals surface area contributed by atoms with Gasteiger partial charge in [-0.25, -0.2) is 4.39 Å². The molecule has 0 saturated carbocycles. The van der Waals surface area contributed by atoms with Crippen LogP contribution in [0.1, 0.15) is 24.0 Å². The van der Waals surface area contributed by atoms with Crippen LogP contribution in [0, 0.1) is 5.82 Å². The molecule has 4 rings (SSSR count). The summed E-state index contributed by atoms with van der Waals surface area (Å²) in [6.07, 6.45) is 2.53. The van der Waals surface area contributed by atoms with Crippen molar-refractivity contribution >= 4 is 33.2 Å². The quantitative estimate of drug-likeness (QED) is 0.633. The summed E-state index contributed by atoms with van der Waals surface area (Å²) in [6, 6.07) is 11.4. The molecule has 2 aromatic carbocycles. The molecule has 2 heterocycles. The van der Waals surface area contributed by atoms with E-state index in [2.05, 4.69) is 20.9 Å². The number of ether oxygens (including phenoxy) is 1. The normalized spacial score (nSPS) is 22.7. The first-order chi connectivity index (χ1) is 11.1. The second-order valence-corrected chi connectivity index (χ2v) is 7.04. The van der Waals surface area contributed by atoms with Crippen LogP contribution in [0.15, 0.2) is 45.9 Å². The van der Waals surface area contributed by atoms with Crippen molar-refractivity contribution in [2.45, 2.75) is 24.9 Å². The summed E-state index contributed by atoms with van der Waals surface area (Å²) in [5.74, 6) is 0.0618. The standard InChI is InChI=1S/C18H14BrClFNO/c19-16-12-10-18(15-7-4-8-22-15,11-5-2-1-3-6-11)23-14(12)9-13(21)17(16)20/h1-3,5-6,9H,4,7-8,10H2/t18-/m0/s1. The molecule has 0 saturated heterocycles. The molecule has 118 valence electrons. The minimum atomic E-state index is -0.653. The van der Waals surface area contributed by atoms with Crippen LogP contribution in [0.2, 0.25) is 5.02 Å². The van der Waals surface area contributed by atoms with E-state index in [0.717, 1.165) is 36.2 Å². The van der Waals surface area contributed by atoms with Gasteiger partial charge in [-0.3, -0.25) is 4.99 Å². The third-order valence-electron chi connectivity index (χ3n) is 4.51. The van der Waals surface area contributed by atoms with Crippen molar-refractivity contribution in [3.63, 3.8) is 0 Å². The minimum absolute atomic E-state index is 0.101. The minimum Gasteiger partial charge on any atom is -0.476 e. The van der Waals surface area contributed by atoms with Gasteiger partial charge in [0.15, 0.2) is 5.60 Å². The lowest BCUT2D eigenvalue weighted by Crippen LogP contribution is -2.39. The number of halogens is 3. The maximum atomic E-state index is 14.0. The van der Waals surface area contributed by atoms with E-state index in [1.54, 1.807) is 0 Å². The molecule has 0 aliphatic carbocycles. The number of benzene rings is 2. The van der Waals surface area contributed by atoms with E-state index < -0.39 is 11.4 Å². The van der Waals surface area contributed by atoms with Gasteiger partial charge in [0.2, 0.25) is 0 Å². The molecule has 2 aliphatic rings. The topological polar surface area (TPSA) is 21.6 Å². The lowest BCUT2D eigenvalue weighted by Gasteiger charge is -2.30. The van der Waals surface area contributed by atoms with Gasteiger partial charge in [-0.1, -0.05) is 41.9 Å². The summed E-state index contributed by atoms with van der Waals surface area (Å²) in [5.41, 5.74) is 2.32. The Hall–Kier alpha value is -1.39. The fraction of sp³-hybridized carbons (Fsp3) is 0.278. The van der Waals surface area contributed by atoms with Crippen LogP contribution in [0.5, 0.6) is 5.75 Å². The molecule has 0 radical (unpaired) electrons. The van der Waals surface area contributed by atoms with Crippen LogP contribution in [0.25, 0.3) is 0 Å². The van der Waals surface area contributed by atoms with E-state index >= 15 is 0 Å². The van der Waals surface area contributed by atoms with Gasteiger partial charge in [-0.15, -0.1) is 0 Å². The number of rotatable bonds is 2. The molecule has 23 heavy (non-hydrogen) atoms. The van der Waals surface area contributed by atoms with Crippen LogP contribution >= 0.6 is 27.5 Å². The maximum absolute atomic E-state index is 14.0. The van der Waals surface area contributed by atoms with Crippen LogP contribution in [0.4, 0.5) is 4.39 Å². The Morgan fingerprint density at radius 3 is 2.74 bits per heavy atom. The average Bonchev–Trinajstić information content (AvgIpc) is 3.22. The molecule has 0 amide bonds.